The first-order valence-corrected chi connectivity index (χ1v) is 7.52. The number of aliphatic hydroxyl groups excluding tert-OH is 1. The number of hydrogen-bond acceptors (Lipinski definition) is 3. The summed E-state index contributed by atoms with van der Waals surface area (Å²) in [4.78, 5) is 12.0. The Labute approximate surface area is 108 Å². The van der Waals surface area contributed by atoms with E-state index in [1.807, 2.05) is 20.1 Å². The third-order valence-electron chi connectivity index (χ3n) is 3.48. The molecule has 0 spiro atoms. The normalized spacial score (nSPS) is 18.9. The van der Waals surface area contributed by atoms with E-state index in [4.69, 9.17) is 0 Å². The number of hydrogen-bond donors (Lipinski definition) is 2. The van der Waals surface area contributed by atoms with Crippen molar-refractivity contribution in [1.82, 2.24) is 5.32 Å². The third kappa shape index (κ3) is 4.03. The van der Waals surface area contributed by atoms with Crippen LogP contribution in [0, 0.1) is 0 Å². The van der Waals surface area contributed by atoms with Crippen LogP contribution in [0.3, 0.4) is 0 Å². The van der Waals surface area contributed by atoms with Crippen molar-refractivity contribution in [3.05, 3.63) is 11.1 Å². The van der Waals surface area contributed by atoms with Gasteiger partial charge in [0.05, 0.1) is 6.61 Å². The van der Waals surface area contributed by atoms with Gasteiger partial charge in [-0.05, 0) is 45.8 Å². The van der Waals surface area contributed by atoms with Crippen molar-refractivity contribution in [1.29, 1.82) is 0 Å². The van der Waals surface area contributed by atoms with Gasteiger partial charge in [0.15, 0.2) is 0 Å². The molecule has 2 N–H and O–H groups in total. The van der Waals surface area contributed by atoms with Crippen LogP contribution < -0.4 is 5.32 Å². The molecule has 4 heteroatoms. The van der Waals surface area contributed by atoms with Gasteiger partial charge in [0.1, 0.15) is 0 Å². The van der Waals surface area contributed by atoms with E-state index in [1.165, 1.54) is 18.4 Å². The number of rotatable bonds is 5. The smallest absolute Gasteiger partial charge is 0.247 e. The molecule has 1 fully saturated rings. The van der Waals surface area contributed by atoms with Gasteiger partial charge in [-0.25, -0.2) is 0 Å². The molecule has 2 atom stereocenters. The molecule has 0 radical (unpaired) electrons. The second kappa shape index (κ2) is 7.07. The van der Waals surface area contributed by atoms with E-state index >= 15 is 0 Å². The van der Waals surface area contributed by atoms with Gasteiger partial charge in [0.2, 0.25) is 5.91 Å². The van der Waals surface area contributed by atoms with Crippen molar-refractivity contribution in [3.8, 4) is 0 Å². The summed E-state index contributed by atoms with van der Waals surface area (Å²) in [7, 11) is 0. The van der Waals surface area contributed by atoms with Gasteiger partial charge < -0.3 is 10.4 Å². The van der Waals surface area contributed by atoms with Gasteiger partial charge in [0, 0.05) is 16.9 Å². The summed E-state index contributed by atoms with van der Waals surface area (Å²) >= 11 is 1.58. The molecule has 0 unspecified atom stereocenters. The van der Waals surface area contributed by atoms with Crippen molar-refractivity contribution < 1.29 is 9.90 Å². The topological polar surface area (TPSA) is 49.3 Å². The van der Waals surface area contributed by atoms with E-state index in [9.17, 15) is 9.90 Å². The van der Waals surface area contributed by atoms with E-state index < -0.39 is 0 Å². The molecule has 0 bridgehead atoms. The van der Waals surface area contributed by atoms with Crippen molar-refractivity contribution in [3.63, 3.8) is 0 Å². The molecule has 17 heavy (non-hydrogen) atoms. The summed E-state index contributed by atoms with van der Waals surface area (Å²) in [5.74, 6) is 0.0295. The molecule has 1 saturated carbocycles. The van der Waals surface area contributed by atoms with Gasteiger partial charge in [-0.1, -0.05) is 5.57 Å². The van der Waals surface area contributed by atoms with Crippen LogP contribution in [0.25, 0.3) is 0 Å². The predicted molar refractivity (Wildman–Crippen MR) is 73.2 cm³/mol. The minimum atomic E-state index is -0.000506. The molecule has 0 aromatic heterocycles. The number of allylic oxidation sites excluding steroid dienone is 1. The summed E-state index contributed by atoms with van der Waals surface area (Å²) in [6.07, 6.45) is 6.50. The number of carbonyl (C=O) groups excluding carboxylic acids is 1. The zero-order valence-corrected chi connectivity index (χ0v) is 11.8. The Morgan fingerprint density at radius 2 is 2.06 bits per heavy atom. The van der Waals surface area contributed by atoms with Crippen LogP contribution in [-0.2, 0) is 4.79 Å². The lowest BCUT2D eigenvalue weighted by molar-refractivity contribution is -0.118. The van der Waals surface area contributed by atoms with Gasteiger partial charge in [-0.2, -0.15) is 11.8 Å². The van der Waals surface area contributed by atoms with Gasteiger partial charge >= 0.3 is 0 Å². The van der Waals surface area contributed by atoms with E-state index in [2.05, 4.69) is 5.32 Å². The highest BCUT2D eigenvalue weighted by Gasteiger charge is 2.20. The molecule has 0 aromatic rings. The largest absolute Gasteiger partial charge is 0.395 e. The van der Waals surface area contributed by atoms with Crippen molar-refractivity contribution >= 4 is 17.7 Å². The average molecular weight is 257 g/mol. The van der Waals surface area contributed by atoms with Crippen LogP contribution in [0.2, 0.25) is 0 Å². The molecule has 3 nitrogen and oxygen atoms in total. The lowest BCUT2D eigenvalue weighted by Crippen LogP contribution is -2.41. The predicted octanol–water partition coefficient (Wildman–Crippen LogP) is 2.11. The summed E-state index contributed by atoms with van der Waals surface area (Å²) in [5, 5.41) is 12.2. The number of carbonyl (C=O) groups is 1. The fraction of sp³-hybridized carbons (Fsp3) is 0.769. The second-order valence-electron chi connectivity index (χ2n) is 4.65. The summed E-state index contributed by atoms with van der Waals surface area (Å²) in [5.41, 5.74) is 2.19. The van der Waals surface area contributed by atoms with E-state index in [0.29, 0.717) is 0 Å². The Kier molecular flexibility index (Phi) is 6.06. The fourth-order valence-electron chi connectivity index (χ4n) is 2.18. The van der Waals surface area contributed by atoms with Crippen LogP contribution in [-0.4, -0.2) is 35.2 Å². The quantitative estimate of drug-likeness (QED) is 0.742. The highest BCUT2D eigenvalue weighted by molar-refractivity contribution is 7.99. The zero-order chi connectivity index (χ0) is 12.8. The first-order chi connectivity index (χ1) is 8.10. The Hall–Kier alpha value is -0.480. The van der Waals surface area contributed by atoms with Crippen LogP contribution in [0.5, 0.6) is 0 Å². The van der Waals surface area contributed by atoms with Crippen LogP contribution in [0.4, 0.5) is 0 Å². The molecule has 1 rings (SSSR count). The van der Waals surface area contributed by atoms with Crippen molar-refractivity contribution in [2.45, 2.75) is 50.8 Å². The first kappa shape index (κ1) is 14.6. The number of thioether (sulfide) groups is 1. The molecular weight excluding hydrogens is 234 g/mol. The Morgan fingerprint density at radius 3 is 2.53 bits per heavy atom. The fourth-order valence-corrected chi connectivity index (χ4v) is 2.81. The monoisotopic (exact) mass is 257 g/mol. The third-order valence-corrected chi connectivity index (χ3v) is 4.64. The van der Waals surface area contributed by atoms with E-state index in [0.717, 1.165) is 18.4 Å². The molecular formula is C13H23NO2S. The molecule has 1 amide bonds. The Balaban J connectivity index is 2.56. The number of aliphatic hydroxyl groups is 1. The van der Waals surface area contributed by atoms with Crippen LogP contribution in [0.1, 0.15) is 39.5 Å². The lowest BCUT2D eigenvalue weighted by Gasteiger charge is -2.21. The van der Waals surface area contributed by atoms with E-state index in [-0.39, 0.29) is 23.8 Å². The van der Waals surface area contributed by atoms with Gasteiger partial charge in [0.25, 0.3) is 0 Å². The molecule has 98 valence electrons. The number of amides is 1. The molecule has 0 aliphatic heterocycles. The lowest BCUT2D eigenvalue weighted by atomic mass is 10.1. The van der Waals surface area contributed by atoms with Crippen LogP contribution >= 0.6 is 11.8 Å². The Morgan fingerprint density at radius 1 is 1.47 bits per heavy atom. The van der Waals surface area contributed by atoms with Crippen LogP contribution in [0.15, 0.2) is 11.1 Å². The van der Waals surface area contributed by atoms with Crippen molar-refractivity contribution in [2.24, 2.45) is 0 Å². The number of nitrogens with one attached hydrogen (secondary N) is 1. The SMILES string of the molecule is CS[C@@H](CO)[C@@H](C)NC(=O)C(C)=C1CCCC1. The second-order valence-corrected chi connectivity index (χ2v) is 5.73. The highest BCUT2D eigenvalue weighted by Crippen LogP contribution is 2.26. The molecule has 1 aliphatic carbocycles. The molecule has 1 aliphatic rings. The highest BCUT2D eigenvalue weighted by atomic mass is 32.2. The zero-order valence-electron chi connectivity index (χ0n) is 11.0. The average Bonchev–Trinajstić information content (AvgIpc) is 2.83. The molecule has 0 aromatic carbocycles. The first-order valence-electron chi connectivity index (χ1n) is 6.23. The molecule has 0 heterocycles. The summed E-state index contributed by atoms with van der Waals surface area (Å²) in [6.45, 7) is 3.95. The Bertz CT molecular complexity index is 290. The molecule has 0 saturated heterocycles. The van der Waals surface area contributed by atoms with Crippen molar-refractivity contribution in [2.75, 3.05) is 12.9 Å². The van der Waals surface area contributed by atoms with Gasteiger partial charge in [-0.3, -0.25) is 4.79 Å². The standard InChI is InChI=1S/C13H23NO2S/c1-9(11-6-4-5-7-11)13(16)14-10(2)12(8-15)17-3/h10,12,15H,4-8H2,1-3H3,(H,14,16)/t10-,12+/m1/s1. The summed E-state index contributed by atoms with van der Waals surface area (Å²) < 4.78 is 0. The minimum absolute atomic E-state index is 0.000506. The van der Waals surface area contributed by atoms with E-state index in [1.54, 1.807) is 11.8 Å². The maximum atomic E-state index is 12.0. The minimum Gasteiger partial charge on any atom is -0.395 e. The maximum Gasteiger partial charge on any atom is 0.247 e. The van der Waals surface area contributed by atoms with Gasteiger partial charge in [-0.15, -0.1) is 0 Å². The summed E-state index contributed by atoms with van der Waals surface area (Å²) in [6, 6.07) is -0.000506. The maximum absolute atomic E-state index is 12.0.